The molecule has 38 heavy (non-hydrogen) atoms. The normalized spacial score (nSPS) is 29.2. The number of ether oxygens (including phenoxy) is 4. The smallest absolute Gasteiger partial charge is 0.407 e. The van der Waals surface area contributed by atoms with Crippen LogP contribution in [0.5, 0.6) is 0 Å². The number of hydrogen-bond acceptors (Lipinski definition) is 8. The first-order valence-electron chi connectivity index (χ1n) is 13.9. The Balaban J connectivity index is 1.36. The first-order valence-corrected chi connectivity index (χ1v) is 13.9. The molecule has 3 aliphatic carbocycles. The quantitative estimate of drug-likeness (QED) is 0.241. The van der Waals surface area contributed by atoms with Gasteiger partial charge < -0.3 is 29.6 Å². The Bertz CT molecular complexity index is 781. The molecule has 3 saturated carbocycles. The fraction of sp³-hybridized carbons (Fsp3) is 0.714. The average Bonchev–Trinajstić information content (AvgIpc) is 2.93. The summed E-state index contributed by atoms with van der Waals surface area (Å²) < 4.78 is 21.9. The Morgan fingerprint density at radius 2 is 0.947 bits per heavy atom. The summed E-state index contributed by atoms with van der Waals surface area (Å²) in [6.45, 7) is 7.82. The van der Waals surface area contributed by atoms with E-state index >= 15 is 0 Å². The van der Waals surface area contributed by atoms with Crippen LogP contribution in [-0.4, -0.2) is 61.6 Å². The molecule has 3 aliphatic rings. The second-order valence-corrected chi connectivity index (χ2v) is 10.5. The maximum Gasteiger partial charge on any atom is 0.407 e. The minimum Gasteiger partial charge on any atom is -0.455 e. The van der Waals surface area contributed by atoms with E-state index in [2.05, 4.69) is 23.8 Å². The molecular weight excluding hydrogens is 492 g/mol. The van der Waals surface area contributed by atoms with Gasteiger partial charge in [-0.3, -0.25) is 0 Å². The molecule has 6 atom stereocenters. The second-order valence-electron chi connectivity index (χ2n) is 10.5. The lowest BCUT2D eigenvalue weighted by Crippen LogP contribution is -2.42. The second kappa shape index (κ2) is 15.4. The third kappa shape index (κ3) is 9.68. The van der Waals surface area contributed by atoms with Crippen LogP contribution < -0.4 is 10.6 Å². The van der Waals surface area contributed by atoms with Gasteiger partial charge >= 0.3 is 24.1 Å². The Morgan fingerprint density at radius 1 is 0.579 bits per heavy atom. The molecule has 0 aromatic rings. The van der Waals surface area contributed by atoms with E-state index in [1.54, 1.807) is 0 Å². The Hall–Kier alpha value is -3.04. The van der Waals surface area contributed by atoms with Crippen molar-refractivity contribution in [1.82, 2.24) is 10.6 Å². The zero-order valence-electron chi connectivity index (χ0n) is 22.2. The third-order valence-corrected chi connectivity index (χ3v) is 7.63. The molecule has 2 N–H and O–H groups in total. The predicted octanol–water partition coefficient (Wildman–Crippen LogP) is 4.33. The molecule has 0 aromatic heterocycles. The SMILES string of the molecule is C=CC(=O)OC1CCCCC1OC(=O)NCC1CCCC(CNC(=O)OC2CCCCC2OC(=O)C=C)C1. The van der Waals surface area contributed by atoms with Crippen molar-refractivity contribution in [3.63, 3.8) is 0 Å². The number of alkyl carbamates (subject to hydrolysis) is 2. The average molecular weight is 535 g/mol. The lowest BCUT2D eigenvalue weighted by molar-refractivity contribution is -0.152. The van der Waals surface area contributed by atoms with Gasteiger partial charge in [0, 0.05) is 25.2 Å². The molecule has 0 saturated heterocycles. The lowest BCUT2D eigenvalue weighted by Gasteiger charge is -2.32. The number of esters is 2. The lowest BCUT2D eigenvalue weighted by atomic mass is 9.81. The molecule has 10 heteroatoms. The minimum absolute atomic E-state index is 0.279. The van der Waals surface area contributed by atoms with Crippen molar-refractivity contribution < 1.29 is 38.1 Å². The molecular formula is C28H42N2O8. The van der Waals surface area contributed by atoms with Crippen LogP contribution in [0.25, 0.3) is 0 Å². The van der Waals surface area contributed by atoms with Gasteiger partial charge in [0.15, 0.2) is 0 Å². The summed E-state index contributed by atoms with van der Waals surface area (Å²) in [5.74, 6) is -0.459. The van der Waals surface area contributed by atoms with E-state index in [1.165, 1.54) is 0 Å². The summed E-state index contributed by atoms with van der Waals surface area (Å²) in [7, 11) is 0. The van der Waals surface area contributed by atoms with Crippen molar-refractivity contribution >= 4 is 24.1 Å². The van der Waals surface area contributed by atoms with Gasteiger partial charge in [0.25, 0.3) is 0 Å². The molecule has 0 radical (unpaired) electrons. The van der Waals surface area contributed by atoms with E-state index in [4.69, 9.17) is 18.9 Å². The van der Waals surface area contributed by atoms with E-state index in [9.17, 15) is 19.2 Å². The fourth-order valence-corrected chi connectivity index (χ4v) is 5.65. The Morgan fingerprint density at radius 3 is 1.32 bits per heavy atom. The van der Waals surface area contributed by atoms with Crippen molar-refractivity contribution in [2.75, 3.05) is 13.1 Å². The molecule has 2 amide bonds. The van der Waals surface area contributed by atoms with E-state index in [0.29, 0.717) is 38.8 Å². The highest BCUT2D eigenvalue weighted by molar-refractivity contribution is 5.81. The zero-order chi connectivity index (χ0) is 27.3. The molecule has 0 bridgehead atoms. The van der Waals surface area contributed by atoms with Gasteiger partial charge in [-0.2, -0.15) is 0 Å². The molecule has 3 fully saturated rings. The molecule has 10 nitrogen and oxygen atoms in total. The monoisotopic (exact) mass is 534 g/mol. The summed E-state index contributed by atoms with van der Waals surface area (Å²) in [5.41, 5.74) is 0. The van der Waals surface area contributed by atoms with Crippen LogP contribution in [0, 0.1) is 11.8 Å². The molecule has 0 heterocycles. The van der Waals surface area contributed by atoms with Crippen molar-refractivity contribution in [2.45, 2.75) is 101 Å². The number of rotatable bonds is 10. The van der Waals surface area contributed by atoms with Crippen LogP contribution in [0.4, 0.5) is 9.59 Å². The molecule has 0 aliphatic heterocycles. The van der Waals surface area contributed by atoms with Gasteiger partial charge in [-0.05, 0) is 82.5 Å². The van der Waals surface area contributed by atoms with Crippen LogP contribution in [0.1, 0.15) is 77.0 Å². The minimum atomic E-state index is -0.508. The van der Waals surface area contributed by atoms with Crippen LogP contribution in [0.2, 0.25) is 0 Å². The number of carbonyl (C=O) groups excluding carboxylic acids is 4. The number of carbonyl (C=O) groups is 4. The summed E-state index contributed by atoms with van der Waals surface area (Å²) in [6.07, 6.45) is 9.63. The number of hydrogen-bond donors (Lipinski definition) is 2. The van der Waals surface area contributed by atoms with Crippen LogP contribution in [0.15, 0.2) is 25.3 Å². The van der Waals surface area contributed by atoms with E-state index < -0.39 is 48.5 Å². The van der Waals surface area contributed by atoms with Gasteiger partial charge in [-0.25, -0.2) is 19.2 Å². The van der Waals surface area contributed by atoms with Crippen LogP contribution >= 0.6 is 0 Å². The first kappa shape index (κ1) is 29.5. The maximum atomic E-state index is 12.4. The largest absolute Gasteiger partial charge is 0.455 e. The summed E-state index contributed by atoms with van der Waals surface area (Å²) in [6, 6.07) is 0. The Labute approximate surface area is 224 Å². The fourth-order valence-electron chi connectivity index (χ4n) is 5.65. The van der Waals surface area contributed by atoms with Crippen molar-refractivity contribution in [3.05, 3.63) is 25.3 Å². The predicted molar refractivity (Wildman–Crippen MR) is 139 cm³/mol. The van der Waals surface area contributed by atoms with Crippen molar-refractivity contribution in [3.8, 4) is 0 Å². The molecule has 212 valence electrons. The van der Waals surface area contributed by atoms with Crippen molar-refractivity contribution in [1.29, 1.82) is 0 Å². The molecule has 0 spiro atoms. The van der Waals surface area contributed by atoms with Gasteiger partial charge in [0.05, 0.1) is 0 Å². The standard InChI is InChI=1S/C28H42N2O8/c1-3-25(31)35-21-12-5-7-14-23(21)37-27(33)29-17-19-10-9-11-20(16-19)18-30-28(34)38-24-15-8-6-13-22(24)36-26(32)4-2/h3-4,19-24H,1-2,5-18H2,(H,29,33)(H,30,34). The molecule has 3 rings (SSSR count). The zero-order valence-corrected chi connectivity index (χ0v) is 22.2. The molecule has 0 aromatic carbocycles. The van der Waals surface area contributed by atoms with Gasteiger partial charge in [0.2, 0.25) is 0 Å². The Kier molecular flexibility index (Phi) is 12.0. The van der Waals surface area contributed by atoms with E-state index in [-0.39, 0.29) is 11.8 Å². The van der Waals surface area contributed by atoms with Gasteiger partial charge in [-0.1, -0.05) is 19.6 Å². The van der Waals surface area contributed by atoms with Crippen LogP contribution in [-0.2, 0) is 28.5 Å². The number of nitrogens with one attached hydrogen (secondary N) is 2. The topological polar surface area (TPSA) is 129 Å². The number of amides is 2. The van der Waals surface area contributed by atoms with Gasteiger partial charge in [-0.15, -0.1) is 0 Å². The maximum absolute atomic E-state index is 12.4. The van der Waals surface area contributed by atoms with Crippen LogP contribution in [0.3, 0.4) is 0 Å². The third-order valence-electron chi connectivity index (χ3n) is 7.63. The highest BCUT2D eigenvalue weighted by atomic mass is 16.6. The van der Waals surface area contributed by atoms with Crippen molar-refractivity contribution in [2.24, 2.45) is 11.8 Å². The van der Waals surface area contributed by atoms with E-state index in [1.807, 2.05) is 0 Å². The summed E-state index contributed by atoms with van der Waals surface area (Å²) in [4.78, 5) is 48.1. The van der Waals surface area contributed by atoms with Gasteiger partial charge in [0.1, 0.15) is 24.4 Å². The highest BCUT2D eigenvalue weighted by Crippen LogP contribution is 2.29. The van der Waals surface area contributed by atoms with E-state index in [0.717, 1.165) is 63.5 Å². The summed E-state index contributed by atoms with van der Waals surface area (Å²) >= 11 is 0. The molecule has 6 unspecified atom stereocenters. The highest BCUT2D eigenvalue weighted by Gasteiger charge is 2.33. The summed E-state index contributed by atoms with van der Waals surface area (Å²) in [5, 5.41) is 5.74. The first-order chi connectivity index (χ1) is 18.4.